The molecule has 3 nitrogen and oxygen atoms in total. The van der Waals surface area contributed by atoms with Crippen LogP contribution in [0.15, 0.2) is 0 Å². The van der Waals surface area contributed by atoms with Gasteiger partial charge in [0.05, 0.1) is 12.3 Å². The quantitative estimate of drug-likeness (QED) is 0.784. The molecule has 0 radical (unpaired) electrons. The summed E-state index contributed by atoms with van der Waals surface area (Å²) in [6, 6.07) is 0.582. The summed E-state index contributed by atoms with van der Waals surface area (Å²) in [4.78, 5) is 9.17. The zero-order valence-electron chi connectivity index (χ0n) is 13.4. The second kappa shape index (κ2) is 7.05. The Kier molecular flexibility index (Phi) is 5.38. The predicted molar refractivity (Wildman–Crippen MR) is 82.1 cm³/mol. The highest BCUT2D eigenvalue weighted by atomic mass is 16.5. The lowest BCUT2D eigenvalue weighted by Gasteiger charge is -2.22. The van der Waals surface area contributed by atoms with Gasteiger partial charge < -0.3 is 4.74 Å². The molecule has 1 aromatic rings. The largest absolute Gasteiger partial charge is 0.463 e. The molecule has 0 aromatic carbocycles. The number of ether oxygens (including phenoxy) is 1. The molecule has 2 rings (SSSR count). The number of rotatable bonds is 6. The third-order valence-electron chi connectivity index (χ3n) is 4.26. The third kappa shape index (κ3) is 3.94. The fourth-order valence-electron chi connectivity index (χ4n) is 2.86. The van der Waals surface area contributed by atoms with Gasteiger partial charge in [0, 0.05) is 5.69 Å². The van der Waals surface area contributed by atoms with Crippen LogP contribution in [0, 0.1) is 18.8 Å². The van der Waals surface area contributed by atoms with E-state index in [0.29, 0.717) is 11.9 Å². The molecule has 20 heavy (non-hydrogen) atoms. The molecule has 0 saturated carbocycles. The molecule has 1 aliphatic carbocycles. The average Bonchev–Trinajstić information content (AvgIpc) is 2.42. The Balaban J connectivity index is 1.99. The van der Waals surface area contributed by atoms with Gasteiger partial charge in [0.15, 0.2) is 0 Å². The van der Waals surface area contributed by atoms with E-state index in [1.165, 1.54) is 36.9 Å². The zero-order chi connectivity index (χ0) is 14.5. The van der Waals surface area contributed by atoms with Crippen molar-refractivity contribution in [3.05, 3.63) is 17.0 Å². The first-order valence-corrected chi connectivity index (χ1v) is 8.09. The van der Waals surface area contributed by atoms with Gasteiger partial charge in [0.1, 0.15) is 0 Å². The van der Waals surface area contributed by atoms with E-state index < -0.39 is 0 Å². The maximum absolute atomic E-state index is 5.82. The minimum Gasteiger partial charge on any atom is -0.463 e. The molecule has 1 aromatic heterocycles. The van der Waals surface area contributed by atoms with Crippen molar-refractivity contribution >= 4 is 0 Å². The zero-order valence-corrected chi connectivity index (χ0v) is 13.4. The molecule has 2 atom stereocenters. The molecule has 3 heteroatoms. The Hall–Kier alpha value is -1.12. The Labute approximate surface area is 123 Å². The Bertz CT molecular complexity index is 445. The third-order valence-corrected chi connectivity index (χ3v) is 4.26. The van der Waals surface area contributed by atoms with Crippen molar-refractivity contribution < 1.29 is 4.74 Å². The van der Waals surface area contributed by atoms with Crippen molar-refractivity contribution in [1.29, 1.82) is 0 Å². The molecule has 0 fully saturated rings. The van der Waals surface area contributed by atoms with E-state index in [2.05, 4.69) is 37.7 Å². The first kappa shape index (κ1) is 15.3. The highest BCUT2D eigenvalue weighted by molar-refractivity contribution is 5.29. The summed E-state index contributed by atoms with van der Waals surface area (Å²) in [5, 5.41) is 0. The van der Waals surface area contributed by atoms with E-state index in [9.17, 15) is 0 Å². The molecule has 0 amide bonds. The Morgan fingerprint density at radius 1 is 1.35 bits per heavy atom. The van der Waals surface area contributed by atoms with Crippen LogP contribution in [0.4, 0.5) is 0 Å². The second-order valence-electron chi connectivity index (χ2n) is 6.42. The van der Waals surface area contributed by atoms with Gasteiger partial charge >= 0.3 is 6.01 Å². The van der Waals surface area contributed by atoms with E-state index in [1.54, 1.807) is 0 Å². The maximum Gasteiger partial charge on any atom is 0.316 e. The molecule has 0 aliphatic heterocycles. The maximum atomic E-state index is 5.82. The number of unbranched alkanes of at least 4 members (excludes halogenated alkanes) is 1. The fourth-order valence-corrected chi connectivity index (χ4v) is 2.86. The normalized spacial score (nSPS) is 19.5. The highest BCUT2D eigenvalue weighted by Crippen LogP contribution is 2.27. The minimum atomic E-state index is 0.578. The minimum absolute atomic E-state index is 0.578. The first-order valence-electron chi connectivity index (χ1n) is 8.09. The van der Waals surface area contributed by atoms with Crippen LogP contribution in [-0.2, 0) is 12.8 Å². The standard InChI is InChI=1S/C17H28N2O/c1-5-6-7-13(3)11-20-17-18-14(4)15-9-8-12(2)10-16(15)19-17/h12-13H,5-11H2,1-4H3/t12?,13-/m0/s1. The smallest absolute Gasteiger partial charge is 0.316 e. The SMILES string of the molecule is CCCC[C@H](C)COc1nc(C)c2c(n1)CC(C)CC2. The molecule has 112 valence electrons. The van der Waals surface area contributed by atoms with E-state index in [1.807, 2.05) is 0 Å². The molecular formula is C17H28N2O. The first-order chi connectivity index (χ1) is 9.60. The lowest BCUT2D eigenvalue weighted by atomic mass is 9.87. The number of aryl methyl sites for hydroxylation is 1. The molecule has 0 N–H and O–H groups in total. The van der Waals surface area contributed by atoms with Gasteiger partial charge in [0.25, 0.3) is 0 Å². The number of nitrogens with zero attached hydrogens (tertiary/aromatic N) is 2. The summed E-state index contributed by atoms with van der Waals surface area (Å²) < 4.78 is 5.82. The van der Waals surface area contributed by atoms with Crippen molar-refractivity contribution in [3.63, 3.8) is 0 Å². The second-order valence-corrected chi connectivity index (χ2v) is 6.42. The molecule has 1 aliphatic rings. The number of aromatic nitrogens is 2. The molecule has 0 bridgehead atoms. The van der Waals surface area contributed by atoms with Crippen LogP contribution < -0.4 is 4.74 Å². The van der Waals surface area contributed by atoms with Gasteiger partial charge in [-0.15, -0.1) is 0 Å². The molecule has 0 spiro atoms. The summed E-state index contributed by atoms with van der Waals surface area (Å²) in [6.07, 6.45) is 7.18. The van der Waals surface area contributed by atoms with Crippen LogP contribution in [0.2, 0.25) is 0 Å². The highest BCUT2D eigenvalue weighted by Gasteiger charge is 2.20. The molecule has 1 unspecified atom stereocenters. The van der Waals surface area contributed by atoms with Gasteiger partial charge in [-0.05, 0) is 50.0 Å². The Morgan fingerprint density at radius 2 is 2.15 bits per heavy atom. The van der Waals surface area contributed by atoms with Gasteiger partial charge in [-0.25, -0.2) is 4.98 Å². The lowest BCUT2D eigenvalue weighted by molar-refractivity contribution is 0.230. The van der Waals surface area contributed by atoms with Crippen LogP contribution in [-0.4, -0.2) is 16.6 Å². The van der Waals surface area contributed by atoms with Crippen molar-refractivity contribution in [1.82, 2.24) is 9.97 Å². The summed E-state index contributed by atoms with van der Waals surface area (Å²) in [5.74, 6) is 1.31. The van der Waals surface area contributed by atoms with Gasteiger partial charge in [-0.3, -0.25) is 0 Å². The van der Waals surface area contributed by atoms with Crippen LogP contribution >= 0.6 is 0 Å². The molecule has 0 saturated heterocycles. The monoisotopic (exact) mass is 276 g/mol. The predicted octanol–water partition coefficient (Wildman–Crippen LogP) is 4.11. The topological polar surface area (TPSA) is 35.0 Å². The Morgan fingerprint density at radius 3 is 2.90 bits per heavy atom. The number of hydrogen-bond acceptors (Lipinski definition) is 3. The summed E-state index contributed by atoms with van der Waals surface area (Å²) in [7, 11) is 0. The van der Waals surface area contributed by atoms with Gasteiger partial charge in [0.2, 0.25) is 0 Å². The average molecular weight is 276 g/mol. The molecule has 1 heterocycles. The van der Waals surface area contributed by atoms with Crippen molar-refractivity contribution in [2.24, 2.45) is 11.8 Å². The number of hydrogen-bond donors (Lipinski definition) is 0. The van der Waals surface area contributed by atoms with Crippen LogP contribution in [0.3, 0.4) is 0 Å². The van der Waals surface area contributed by atoms with Gasteiger partial charge in [-0.1, -0.05) is 33.6 Å². The van der Waals surface area contributed by atoms with E-state index in [4.69, 9.17) is 4.74 Å². The summed E-state index contributed by atoms with van der Waals surface area (Å²) in [5.41, 5.74) is 3.68. The van der Waals surface area contributed by atoms with Crippen molar-refractivity contribution in [3.8, 4) is 6.01 Å². The van der Waals surface area contributed by atoms with Crippen molar-refractivity contribution in [2.45, 2.75) is 66.2 Å². The summed E-state index contributed by atoms with van der Waals surface area (Å²) in [6.45, 7) is 9.58. The lowest BCUT2D eigenvalue weighted by Crippen LogP contribution is -2.17. The summed E-state index contributed by atoms with van der Waals surface area (Å²) >= 11 is 0. The number of fused-ring (bicyclic) bond motifs is 1. The van der Waals surface area contributed by atoms with Crippen LogP contribution in [0.25, 0.3) is 0 Å². The van der Waals surface area contributed by atoms with Gasteiger partial charge in [-0.2, -0.15) is 4.98 Å². The van der Waals surface area contributed by atoms with E-state index in [0.717, 1.165) is 31.1 Å². The van der Waals surface area contributed by atoms with Crippen LogP contribution in [0.1, 0.15) is 63.4 Å². The van der Waals surface area contributed by atoms with E-state index >= 15 is 0 Å². The fraction of sp³-hybridized carbons (Fsp3) is 0.765. The molecular weight excluding hydrogens is 248 g/mol. The van der Waals surface area contributed by atoms with Crippen molar-refractivity contribution in [2.75, 3.05) is 6.61 Å². The van der Waals surface area contributed by atoms with Crippen LogP contribution in [0.5, 0.6) is 6.01 Å². The van der Waals surface area contributed by atoms with E-state index in [-0.39, 0.29) is 0 Å².